The predicted molar refractivity (Wildman–Crippen MR) is 87.2 cm³/mol. The Hall–Kier alpha value is -1.27. The van der Waals surface area contributed by atoms with Crippen molar-refractivity contribution in [1.29, 1.82) is 0 Å². The highest BCUT2D eigenvalue weighted by atomic mass is 32.2. The van der Waals surface area contributed by atoms with E-state index in [4.69, 9.17) is 0 Å². The Labute approximate surface area is 135 Å². The number of nitrogens with one attached hydrogen (secondary N) is 1. The van der Waals surface area contributed by atoms with Crippen molar-refractivity contribution in [1.82, 2.24) is 10.2 Å². The molecule has 1 aromatic rings. The molecule has 1 saturated carbocycles. The SMILES string of the molecule is CSCc1cc(F)ccc1CNC(=O)N(C)CC(O)C1CC1. The van der Waals surface area contributed by atoms with Crippen molar-refractivity contribution in [3.8, 4) is 0 Å². The first-order valence-corrected chi connectivity index (χ1v) is 8.84. The fourth-order valence-electron chi connectivity index (χ4n) is 2.36. The Kier molecular flexibility index (Phi) is 6.08. The zero-order valence-corrected chi connectivity index (χ0v) is 13.8. The molecule has 1 aliphatic rings. The van der Waals surface area contributed by atoms with E-state index in [0.717, 1.165) is 24.0 Å². The van der Waals surface area contributed by atoms with Crippen LogP contribution in [0.15, 0.2) is 18.2 Å². The summed E-state index contributed by atoms with van der Waals surface area (Å²) in [5.41, 5.74) is 1.81. The van der Waals surface area contributed by atoms with E-state index in [2.05, 4.69) is 5.32 Å². The number of urea groups is 1. The van der Waals surface area contributed by atoms with E-state index < -0.39 is 6.10 Å². The van der Waals surface area contributed by atoms with Crippen LogP contribution in [0.5, 0.6) is 0 Å². The van der Waals surface area contributed by atoms with E-state index in [1.807, 2.05) is 6.26 Å². The molecule has 2 N–H and O–H groups in total. The number of rotatable bonds is 7. The van der Waals surface area contributed by atoms with Crippen LogP contribution < -0.4 is 5.32 Å². The van der Waals surface area contributed by atoms with Crippen LogP contribution >= 0.6 is 11.8 Å². The van der Waals surface area contributed by atoms with Gasteiger partial charge in [-0.2, -0.15) is 11.8 Å². The lowest BCUT2D eigenvalue weighted by Gasteiger charge is -2.21. The monoisotopic (exact) mass is 326 g/mol. The van der Waals surface area contributed by atoms with Gasteiger partial charge in [0.25, 0.3) is 0 Å². The van der Waals surface area contributed by atoms with Crippen molar-refractivity contribution < 1.29 is 14.3 Å². The summed E-state index contributed by atoms with van der Waals surface area (Å²) in [6.45, 7) is 0.705. The third-order valence-corrected chi connectivity index (χ3v) is 4.47. The normalized spacial score (nSPS) is 15.5. The Bertz CT molecular complexity index is 523. The third-order valence-electron chi connectivity index (χ3n) is 3.87. The summed E-state index contributed by atoms with van der Waals surface area (Å²) in [4.78, 5) is 13.6. The summed E-state index contributed by atoms with van der Waals surface area (Å²) in [6.07, 6.45) is 3.61. The van der Waals surface area contributed by atoms with E-state index in [9.17, 15) is 14.3 Å². The van der Waals surface area contributed by atoms with Crippen LogP contribution in [-0.2, 0) is 12.3 Å². The van der Waals surface area contributed by atoms with Gasteiger partial charge in [0.05, 0.1) is 6.10 Å². The van der Waals surface area contributed by atoms with Crippen molar-refractivity contribution in [2.45, 2.75) is 31.2 Å². The van der Waals surface area contributed by atoms with Gasteiger partial charge < -0.3 is 15.3 Å². The Morgan fingerprint density at radius 1 is 1.50 bits per heavy atom. The fourth-order valence-corrected chi connectivity index (χ4v) is 2.94. The molecule has 0 heterocycles. The molecule has 2 amide bonds. The molecule has 0 aliphatic heterocycles. The lowest BCUT2D eigenvalue weighted by Crippen LogP contribution is -2.41. The molecule has 6 heteroatoms. The minimum Gasteiger partial charge on any atom is -0.391 e. The maximum absolute atomic E-state index is 13.3. The van der Waals surface area contributed by atoms with Crippen LogP contribution in [0.2, 0.25) is 0 Å². The minimum absolute atomic E-state index is 0.223. The molecular weight excluding hydrogens is 303 g/mol. The molecule has 0 saturated heterocycles. The molecule has 1 unspecified atom stereocenters. The number of halogens is 1. The van der Waals surface area contributed by atoms with Crippen LogP contribution in [-0.4, -0.2) is 42.0 Å². The summed E-state index contributed by atoms with van der Waals surface area (Å²) in [6, 6.07) is 4.41. The maximum Gasteiger partial charge on any atom is 0.317 e. The van der Waals surface area contributed by atoms with Crippen LogP contribution in [0, 0.1) is 11.7 Å². The second-order valence-electron chi connectivity index (χ2n) is 5.79. The molecule has 1 aliphatic carbocycles. The van der Waals surface area contributed by atoms with Crippen LogP contribution in [0.4, 0.5) is 9.18 Å². The van der Waals surface area contributed by atoms with Crippen molar-refractivity contribution in [2.75, 3.05) is 19.8 Å². The van der Waals surface area contributed by atoms with Crippen LogP contribution in [0.25, 0.3) is 0 Å². The standard InChI is InChI=1S/C16H23FN2O2S/c1-19(9-15(20)11-3-4-11)16(21)18-8-12-5-6-14(17)7-13(12)10-22-2/h5-7,11,15,20H,3-4,8-10H2,1-2H3,(H,18,21). The van der Waals surface area contributed by atoms with E-state index in [1.54, 1.807) is 24.9 Å². The molecule has 1 aromatic carbocycles. The number of amides is 2. The summed E-state index contributed by atoms with van der Waals surface area (Å²) in [7, 11) is 1.68. The molecule has 2 rings (SSSR count). The molecule has 0 radical (unpaired) electrons. The second kappa shape index (κ2) is 7.83. The van der Waals surface area contributed by atoms with Gasteiger partial charge in [-0.05, 0) is 48.3 Å². The zero-order chi connectivity index (χ0) is 16.1. The van der Waals surface area contributed by atoms with E-state index >= 15 is 0 Å². The number of aliphatic hydroxyl groups is 1. The van der Waals surface area contributed by atoms with Gasteiger partial charge in [0, 0.05) is 25.9 Å². The molecular formula is C16H23FN2O2S. The van der Waals surface area contributed by atoms with Gasteiger partial charge in [0.15, 0.2) is 0 Å². The van der Waals surface area contributed by atoms with Crippen molar-refractivity contribution in [3.63, 3.8) is 0 Å². The van der Waals surface area contributed by atoms with Crippen molar-refractivity contribution in [3.05, 3.63) is 35.1 Å². The number of likely N-dealkylation sites (N-methyl/N-ethyl adjacent to an activating group) is 1. The summed E-state index contributed by atoms with van der Waals surface area (Å²) in [5.74, 6) is 0.795. The summed E-state index contributed by atoms with van der Waals surface area (Å²) >= 11 is 1.61. The fraction of sp³-hybridized carbons (Fsp3) is 0.562. The Morgan fingerprint density at radius 3 is 2.86 bits per heavy atom. The highest BCUT2D eigenvalue weighted by molar-refractivity contribution is 7.97. The number of benzene rings is 1. The average molecular weight is 326 g/mol. The van der Waals surface area contributed by atoms with E-state index in [1.165, 1.54) is 17.0 Å². The number of thioether (sulfide) groups is 1. The quantitative estimate of drug-likeness (QED) is 0.810. The number of aliphatic hydroxyl groups excluding tert-OH is 1. The number of carbonyl (C=O) groups excluding carboxylic acids is 1. The van der Waals surface area contributed by atoms with Crippen molar-refractivity contribution >= 4 is 17.8 Å². The lowest BCUT2D eigenvalue weighted by atomic mass is 10.1. The molecule has 0 bridgehead atoms. The third kappa shape index (κ3) is 4.88. The van der Waals surface area contributed by atoms with Crippen molar-refractivity contribution in [2.24, 2.45) is 5.92 Å². The number of nitrogens with zero attached hydrogens (tertiary/aromatic N) is 1. The van der Waals surface area contributed by atoms with Gasteiger partial charge >= 0.3 is 6.03 Å². The molecule has 0 aromatic heterocycles. The molecule has 0 spiro atoms. The molecule has 1 atom stereocenters. The highest BCUT2D eigenvalue weighted by Gasteiger charge is 2.31. The first-order valence-electron chi connectivity index (χ1n) is 7.44. The topological polar surface area (TPSA) is 52.6 Å². The number of hydrogen-bond donors (Lipinski definition) is 2. The summed E-state index contributed by atoms with van der Waals surface area (Å²) < 4.78 is 13.3. The number of carbonyl (C=O) groups is 1. The Morgan fingerprint density at radius 2 is 2.23 bits per heavy atom. The first-order chi connectivity index (χ1) is 10.5. The number of hydrogen-bond acceptors (Lipinski definition) is 3. The largest absolute Gasteiger partial charge is 0.391 e. The van der Waals surface area contributed by atoms with Gasteiger partial charge in [-0.15, -0.1) is 0 Å². The van der Waals surface area contributed by atoms with Gasteiger partial charge in [0.1, 0.15) is 5.82 Å². The molecule has 122 valence electrons. The van der Waals surface area contributed by atoms with E-state index in [-0.39, 0.29) is 11.8 Å². The van der Waals surface area contributed by atoms with Crippen LogP contribution in [0.3, 0.4) is 0 Å². The van der Waals surface area contributed by atoms with Gasteiger partial charge in [-0.1, -0.05) is 6.07 Å². The minimum atomic E-state index is -0.436. The smallest absolute Gasteiger partial charge is 0.317 e. The second-order valence-corrected chi connectivity index (χ2v) is 6.66. The van der Waals surface area contributed by atoms with Gasteiger partial charge in [-0.3, -0.25) is 0 Å². The Balaban J connectivity index is 1.87. The van der Waals surface area contributed by atoms with E-state index in [0.29, 0.717) is 24.8 Å². The average Bonchev–Trinajstić information content (AvgIpc) is 3.31. The zero-order valence-electron chi connectivity index (χ0n) is 13.0. The van der Waals surface area contributed by atoms with Crippen LogP contribution in [0.1, 0.15) is 24.0 Å². The summed E-state index contributed by atoms with van der Waals surface area (Å²) in [5, 5.41) is 12.7. The van der Waals surface area contributed by atoms with Gasteiger partial charge in [0.2, 0.25) is 0 Å². The molecule has 22 heavy (non-hydrogen) atoms. The first kappa shape index (κ1) is 17.1. The van der Waals surface area contributed by atoms with Gasteiger partial charge in [-0.25, -0.2) is 9.18 Å². The maximum atomic E-state index is 13.3. The molecule has 4 nitrogen and oxygen atoms in total. The highest BCUT2D eigenvalue weighted by Crippen LogP contribution is 2.32. The predicted octanol–water partition coefficient (Wildman–Crippen LogP) is 2.60. The lowest BCUT2D eigenvalue weighted by molar-refractivity contribution is 0.113. The molecule has 1 fully saturated rings.